The molecule has 0 saturated carbocycles. The zero-order chi connectivity index (χ0) is 20.6. The van der Waals surface area contributed by atoms with Gasteiger partial charge in [-0.25, -0.2) is 14.6 Å². The number of anilines is 2. The Morgan fingerprint density at radius 1 is 1.37 bits per heavy atom. The van der Waals surface area contributed by atoms with E-state index < -0.39 is 23.2 Å². The Morgan fingerprint density at radius 2 is 2.00 bits per heavy atom. The summed E-state index contributed by atoms with van der Waals surface area (Å²) in [5.74, 6) is 0.0762. The summed E-state index contributed by atoms with van der Waals surface area (Å²) in [6.07, 6.45) is -0.424. The predicted octanol–water partition coefficient (Wildman–Crippen LogP) is 2.12. The molecule has 1 saturated heterocycles. The Morgan fingerprint density at radius 3 is 2.52 bits per heavy atom. The highest BCUT2D eigenvalue weighted by Crippen LogP contribution is 2.32. The molecule has 0 radical (unpaired) electrons. The molecular formula is C18H29N5O4. The molecule has 1 aromatic rings. The number of carbonyl (C=O) groups is 2. The van der Waals surface area contributed by atoms with Crippen molar-refractivity contribution >= 4 is 23.8 Å². The van der Waals surface area contributed by atoms with Crippen molar-refractivity contribution in [2.24, 2.45) is 0 Å². The van der Waals surface area contributed by atoms with Crippen molar-refractivity contribution in [3.05, 3.63) is 11.8 Å². The molecule has 0 bridgehead atoms. The van der Waals surface area contributed by atoms with Crippen LogP contribution in [0.2, 0.25) is 0 Å². The molecule has 2 N–H and O–H groups in total. The minimum Gasteiger partial charge on any atom is -0.480 e. The van der Waals surface area contributed by atoms with Gasteiger partial charge in [0.05, 0.1) is 0 Å². The Labute approximate surface area is 159 Å². The number of hydrogen-bond donors (Lipinski definition) is 2. The van der Waals surface area contributed by atoms with E-state index in [4.69, 9.17) is 4.74 Å². The second kappa shape index (κ2) is 7.21. The number of hydrogen-bond acceptors (Lipinski definition) is 7. The second-order valence-electron chi connectivity index (χ2n) is 8.30. The normalized spacial score (nSPS) is 22.5. The summed E-state index contributed by atoms with van der Waals surface area (Å²) in [4.78, 5) is 36.4. The van der Waals surface area contributed by atoms with Gasteiger partial charge < -0.3 is 20.1 Å². The number of nitrogens with zero attached hydrogens (tertiary/aromatic N) is 4. The van der Waals surface area contributed by atoms with Crippen LogP contribution in [0.4, 0.5) is 16.6 Å². The van der Waals surface area contributed by atoms with Gasteiger partial charge in [0.25, 0.3) is 0 Å². The van der Waals surface area contributed by atoms with E-state index in [-0.39, 0.29) is 19.0 Å². The number of carbonyl (C=O) groups excluding carboxylic acids is 1. The molecule has 0 aromatic carbocycles. The Kier molecular flexibility index (Phi) is 5.53. The van der Waals surface area contributed by atoms with Crippen molar-refractivity contribution in [3.8, 4) is 0 Å². The zero-order valence-electron chi connectivity index (χ0n) is 17.0. The first-order chi connectivity index (χ1) is 12.3. The van der Waals surface area contributed by atoms with E-state index in [1.807, 2.05) is 32.0 Å². The van der Waals surface area contributed by atoms with Crippen molar-refractivity contribution < 1.29 is 19.4 Å². The van der Waals surface area contributed by atoms with Crippen LogP contribution in [0.5, 0.6) is 0 Å². The third-order valence-corrected chi connectivity index (χ3v) is 4.35. The fraction of sp³-hybridized carbons (Fsp3) is 0.667. The number of aliphatic carboxylic acids is 1. The lowest BCUT2D eigenvalue weighted by atomic mass is 9.98. The maximum atomic E-state index is 12.6. The maximum absolute atomic E-state index is 12.6. The minimum absolute atomic E-state index is 0.187. The third kappa shape index (κ3) is 4.78. The lowest BCUT2D eigenvalue weighted by Gasteiger charge is -2.32. The van der Waals surface area contributed by atoms with Gasteiger partial charge in [-0.1, -0.05) is 0 Å². The summed E-state index contributed by atoms with van der Waals surface area (Å²) in [6.45, 7) is 8.83. The quantitative estimate of drug-likeness (QED) is 0.819. The van der Waals surface area contributed by atoms with Crippen LogP contribution in [-0.2, 0) is 9.53 Å². The first kappa shape index (κ1) is 20.7. The molecule has 1 aromatic heterocycles. The Balaban J connectivity index is 2.23. The molecule has 1 aliphatic rings. The summed E-state index contributed by atoms with van der Waals surface area (Å²) in [6, 6.07) is 1.55. The molecule has 1 aliphatic heterocycles. The van der Waals surface area contributed by atoms with Crippen molar-refractivity contribution in [3.63, 3.8) is 0 Å². The molecule has 150 valence electrons. The highest BCUT2D eigenvalue weighted by Gasteiger charge is 2.51. The summed E-state index contributed by atoms with van der Waals surface area (Å²) >= 11 is 0. The molecule has 27 heavy (non-hydrogen) atoms. The number of nitrogens with one attached hydrogen (secondary N) is 1. The van der Waals surface area contributed by atoms with E-state index in [1.165, 1.54) is 11.8 Å². The van der Waals surface area contributed by atoms with Gasteiger partial charge in [-0.05, 0) is 34.6 Å². The molecule has 0 unspecified atom stereocenters. The maximum Gasteiger partial charge on any atom is 0.411 e. The van der Waals surface area contributed by atoms with E-state index in [0.717, 1.165) is 11.5 Å². The summed E-state index contributed by atoms with van der Waals surface area (Å²) in [5.41, 5.74) is -1.28. The fourth-order valence-electron chi connectivity index (χ4n) is 3.00. The lowest BCUT2D eigenvalue weighted by Crippen LogP contribution is -2.52. The highest BCUT2D eigenvalue weighted by atomic mass is 16.6. The molecule has 0 aliphatic carbocycles. The summed E-state index contributed by atoms with van der Waals surface area (Å²) < 4.78 is 5.39. The SMILES string of the molecule is Cc1cc(N(C)C)nc(N[C@@H]2CN(C(=O)OC(C)(C)C)[C@](C)(C(=O)O)C2)n1. The molecule has 1 amide bonds. The van der Waals surface area contributed by atoms with Crippen LogP contribution >= 0.6 is 0 Å². The largest absolute Gasteiger partial charge is 0.480 e. The van der Waals surface area contributed by atoms with Crippen LogP contribution < -0.4 is 10.2 Å². The molecule has 1 fully saturated rings. The van der Waals surface area contributed by atoms with E-state index in [9.17, 15) is 14.7 Å². The molecule has 2 atom stereocenters. The fourth-order valence-corrected chi connectivity index (χ4v) is 3.00. The molecule has 9 nitrogen and oxygen atoms in total. The lowest BCUT2D eigenvalue weighted by molar-refractivity contribution is -0.148. The van der Waals surface area contributed by atoms with Crippen molar-refractivity contribution in [1.82, 2.24) is 14.9 Å². The molecule has 2 heterocycles. The molecular weight excluding hydrogens is 350 g/mol. The first-order valence-electron chi connectivity index (χ1n) is 8.85. The highest BCUT2D eigenvalue weighted by molar-refractivity contribution is 5.85. The predicted molar refractivity (Wildman–Crippen MR) is 102 cm³/mol. The van der Waals surface area contributed by atoms with Gasteiger partial charge in [0, 0.05) is 44.9 Å². The number of carboxylic acids is 1. The van der Waals surface area contributed by atoms with Gasteiger partial charge in [0.1, 0.15) is 17.0 Å². The summed E-state index contributed by atoms with van der Waals surface area (Å²) in [7, 11) is 3.76. The molecule has 2 rings (SSSR count). The van der Waals surface area contributed by atoms with E-state index >= 15 is 0 Å². The smallest absolute Gasteiger partial charge is 0.411 e. The van der Waals surface area contributed by atoms with Crippen LogP contribution in [0.15, 0.2) is 6.07 Å². The van der Waals surface area contributed by atoms with Gasteiger partial charge in [0.15, 0.2) is 0 Å². The number of ether oxygens (including phenoxy) is 1. The van der Waals surface area contributed by atoms with Crippen LogP contribution in [0, 0.1) is 6.92 Å². The Bertz CT molecular complexity index is 731. The van der Waals surface area contributed by atoms with Gasteiger partial charge in [-0.15, -0.1) is 0 Å². The standard InChI is InChI=1S/C18H29N5O4/c1-11-8-13(22(6)7)21-15(19-11)20-12-9-18(5,14(24)25)23(10-12)16(26)27-17(2,3)4/h8,12H,9-10H2,1-7H3,(H,24,25)(H,19,20,21)/t12-,18-/m0/s1. The number of aromatic nitrogens is 2. The van der Waals surface area contributed by atoms with Crippen LogP contribution in [0.3, 0.4) is 0 Å². The average molecular weight is 379 g/mol. The number of likely N-dealkylation sites (tertiary alicyclic amines) is 1. The summed E-state index contributed by atoms with van der Waals surface area (Å²) in [5, 5.41) is 12.9. The number of aryl methyl sites for hydroxylation is 1. The molecule has 9 heteroatoms. The third-order valence-electron chi connectivity index (χ3n) is 4.35. The molecule has 0 spiro atoms. The van der Waals surface area contributed by atoms with Crippen LogP contribution in [-0.4, -0.2) is 69.9 Å². The van der Waals surface area contributed by atoms with Crippen LogP contribution in [0.1, 0.15) is 39.8 Å². The van der Waals surface area contributed by atoms with Gasteiger partial charge in [-0.2, -0.15) is 4.98 Å². The number of rotatable bonds is 4. The van der Waals surface area contributed by atoms with Crippen molar-refractivity contribution in [2.45, 2.75) is 58.2 Å². The van der Waals surface area contributed by atoms with Gasteiger partial charge >= 0.3 is 12.1 Å². The van der Waals surface area contributed by atoms with Crippen LogP contribution in [0.25, 0.3) is 0 Å². The first-order valence-corrected chi connectivity index (χ1v) is 8.85. The Hall–Kier alpha value is -2.58. The second-order valence-corrected chi connectivity index (χ2v) is 8.30. The monoisotopic (exact) mass is 379 g/mol. The van der Waals surface area contributed by atoms with Crippen molar-refractivity contribution in [1.29, 1.82) is 0 Å². The van der Waals surface area contributed by atoms with Gasteiger partial charge in [0.2, 0.25) is 5.95 Å². The van der Waals surface area contributed by atoms with E-state index in [2.05, 4.69) is 15.3 Å². The minimum atomic E-state index is -1.37. The van der Waals surface area contributed by atoms with E-state index in [1.54, 1.807) is 20.8 Å². The number of carboxylic acid groups (broad SMARTS) is 1. The van der Waals surface area contributed by atoms with Gasteiger partial charge in [-0.3, -0.25) is 4.90 Å². The van der Waals surface area contributed by atoms with E-state index in [0.29, 0.717) is 5.95 Å². The average Bonchev–Trinajstić information content (AvgIpc) is 2.83. The zero-order valence-corrected chi connectivity index (χ0v) is 17.0. The number of amides is 1. The topological polar surface area (TPSA) is 108 Å². The van der Waals surface area contributed by atoms with Crippen molar-refractivity contribution in [2.75, 3.05) is 30.9 Å².